The van der Waals surface area contributed by atoms with E-state index in [0.717, 1.165) is 0 Å². The van der Waals surface area contributed by atoms with Gasteiger partial charge in [-0.3, -0.25) is 9.52 Å². The van der Waals surface area contributed by atoms with Crippen LogP contribution >= 0.6 is 0 Å². The van der Waals surface area contributed by atoms with Crippen LogP contribution in [0.4, 0.5) is 14.9 Å². The first-order chi connectivity index (χ1) is 18.9. The highest BCUT2D eigenvalue weighted by molar-refractivity contribution is 7.90. The van der Waals surface area contributed by atoms with Crippen molar-refractivity contribution in [3.05, 3.63) is 69.3 Å². The van der Waals surface area contributed by atoms with Crippen LogP contribution in [0.3, 0.4) is 0 Å². The van der Waals surface area contributed by atoms with E-state index in [-0.39, 0.29) is 53.0 Å². The van der Waals surface area contributed by atoms with Gasteiger partial charge < -0.3 is 23.7 Å². The number of amides is 2. The van der Waals surface area contributed by atoms with Crippen LogP contribution in [0.15, 0.2) is 45.6 Å². The van der Waals surface area contributed by atoms with Gasteiger partial charge in [0.25, 0.3) is 10.2 Å². The average molecular weight is 577 g/mol. The van der Waals surface area contributed by atoms with Gasteiger partial charge >= 0.3 is 11.7 Å². The van der Waals surface area contributed by atoms with Gasteiger partial charge in [0, 0.05) is 64.8 Å². The lowest BCUT2D eigenvalue weighted by Gasteiger charge is -2.38. The zero-order valence-electron chi connectivity index (χ0n) is 22.3. The van der Waals surface area contributed by atoms with Gasteiger partial charge in [-0.15, -0.1) is 0 Å². The largest absolute Gasteiger partial charge is 0.422 e. The van der Waals surface area contributed by atoms with Crippen molar-refractivity contribution in [3.8, 4) is 5.75 Å². The minimum atomic E-state index is -4.00. The Balaban J connectivity index is 1.77. The molecule has 0 bridgehead atoms. The van der Waals surface area contributed by atoms with Gasteiger partial charge in [0.1, 0.15) is 11.3 Å². The summed E-state index contributed by atoms with van der Waals surface area (Å²) in [7, 11) is 1.76. The Labute approximate surface area is 229 Å². The second-order valence-corrected chi connectivity index (χ2v) is 11.0. The van der Waals surface area contributed by atoms with Crippen LogP contribution in [0.1, 0.15) is 16.7 Å². The van der Waals surface area contributed by atoms with Crippen LogP contribution in [0.5, 0.6) is 5.75 Å². The molecule has 2 heterocycles. The number of anilines is 1. The average Bonchev–Trinajstić information content (AvgIpc) is 2.87. The van der Waals surface area contributed by atoms with Crippen molar-refractivity contribution in [1.82, 2.24) is 14.5 Å². The molecule has 4 rings (SSSR count). The molecule has 1 aliphatic heterocycles. The van der Waals surface area contributed by atoms with Gasteiger partial charge in [-0.25, -0.2) is 18.7 Å². The molecule has 2 N–H and O–H groups in total. The molecule has 214 valence electrons. The van der Waals surface area contributed by atoms with E-state index in [1.807, 2.05) is 4.72 Å². The fourth-order valence-corrected chi connectivity index (χ4v) is 4.70. The van der Waals surface area contributed by atoms with Crippen LogP contribution in [0.25, 0.3) is 11.0 Å². The van der Waals surface area contributed by atoms with Gasteiger partial charge in [-0.05, 0) is 29.3 Å². The standard InChI is InChI=1S/C26H29FN4O8S/c1-28-40(35,36)29-21-7-5-6-15(24(21)27)10-20-19(12-23(32)31-13-17(14-31)37-4)18-9-8-16(38-26(34)30(2)3)11-22(18)39-25(20)33/h5-9,11,17,28-29H,10,12-14H2,1-4H3. The molecule has 1 fully saturated rings. The minimum absolute atomic E-state index is 0.0107. The number of nitrogens with zero attached hydrogens (tertiary/aromatic N) is 2. The van der Waals surface area contributed by atoms with Crippen molar-refractivity contribution in [1.29, 1.82) is 0 Å². The molecule has 40 heavy (non-hydrogen) atoms. The van der Waals surface area contributed by atoms with Crippen molar-refractivity contribution < 1.29 is 36.3 Å². The van der Waals surface area contributed by atoms with Crippen LogP contribution in [0, 0.1) is 5.82 Å². The number of fused-ring (bicyclic) bond motifs is 1. The minimum Gasteiger partial charge on any atom is -0.422 e. The molecule has 0 radical (unpaired) electrons. The van der Waals surface area contributed by atoms with Crippen molar-refractivity contribution >= 4 is 38.9 Å². The molecule has 2 aromatic carbocycles. The number of likely N-dealkylation sites (tertiary alicyclic amines) is 1. The third kappa shape index (κ3) is 6.24. The molecule has 2 amide bonds. The summed E-state index contributed by atoms with van der Waals surface area (Å²) < 4.78 is 59.3. The Kier molecular flexibility index (Phi) is 8.42. The summed E-state index contributed by atoms with van der Waals surface area (Å²) in [6.07, 6.45) is -1.17. The summed E-state index contributed by atoms with van der Waals surface area (Å²) in [5.41, 5.74) is -0.677. The molecule has 0 spiro atoms. The van der Waals surface area contributed by atoms with E-state index in [4.69, 9.17) is 13.9 Å². The molecular weight excluding hydrogens is 547 g/mol. The molecule has 0 atom stereocenters. The Bertz CT molecular complexity index is 1620. The third-order valence-electron chi connectivity index (χ3n) is 6.48. The first-order valence-electron chi connectivity index (χ1n) is 12.2. The van der Waals surface area contributed by atoms with Crippen molar-refractivity contribution in [2.24, 2.45) is 0 Å². The van der Waals surface area contributed by atoms with E-state index in [2.05, 4.69) is 4.72 Å². The summed E-state index contributed by atoms with van der Waals surface area (Å²) in [6.45, 7) is 0.800. The maximum Gasteiger partial charge on any atom is 0.414 e. The molecule has 12 nitrogen and oxygen atoms in total. The lowest BCUT2D eigenvalue weighted by Crippen LogP contribution is -2.54. The monoisotopic (exact) mass is 576 g/mol. The van der Waals surface area contributed by atoms with Crippen LogP contribution in [-0.4, -0.2) is 77.7 Å². The summed E-state index contributed by atoms with van der Waals surface area (Å²) in [6, 6.07) is 8.52. The third-order valence-corrected chi connectivity index (χ3v) is 7.51. The van der Waals surface area contributed by atoms with Gasteiger partial charge in [0.05, 0.1) is 18.2 Å². The smallest absolute Gasteiger partial charge is 0.414 e. The normalized spacial score (nSPS) is 13.7. The number of hydrogen-bond donors (Lipinski definition) is 2. The second-order valence-electron chi connectivity index (χ2n) is 9.37. The number of ether oxygens (including phenoxy) is 2. The Hall–Kier alpha value is -4.01. The van der Waals surface area contributed by atoms with Gasteiger partial charge in [-0.1, -0.05) is 12.1 Å². The lowest BCUT2D eigenvalue weighted by molar-refractivity contribution is -0.142. The van der Waals surface area contributed by atoms with E-state index >= 15 is 4.39 Å². The quantitative estimate of drug-likeness (QED) is 0.367. The number of rotatable bonds is 9. The molecule has 14 heteroatoms. The Morgan fingerprint density at radius 3 is 2.55 bits per heavy atom. The molecule has 3 aromatic rings. The molecule has 0 aliphatic carbocycles. The number of nitrogens with one attached hydrogen (secondary N) is 2. The fourth-order valence-electron chi connectivity index (χ4n) is 4.16. The molecule has 1 aliphatic rings. The van der Waals surface area contributed by atoms with E-state index < -0.39 is 27.7 Å². The van der Waals surface area contributed by atoms with E-state index in [1.54, 1.807) is 18.1 Å². The maximum absolute atomic E-state index is 15.3. The molecule has 0 saturated carbocycles. The Morgan fingerprint density at radius 1 is 1.18 bits per heavy atom. The second kappa shape index (κ2) is 11.6. The number of methoxy groups -OCH3 is 1. The van der Waals surface area contributed by atoms with Crippen molar-refractivity contribution in [2.45, 2.75) is 18.9 Å². The van der Waals surface area contributed by atoms with Crippen LogP contribution < -0.4 is 19.8 Å². The molecule has 0 unspecified atom stereocenters. The highest BCUT2D eigenvalue weighted by Gasteiger charge is 2.31. The molecule has 1 aromatic heterocycles. The highest BCUT2D eigenvalue weighted by atomic mass is 32.2. The van der Waals surface area contributed by atoms with Crippen LogP contribution in [-0.2, 0) is 32.6 Å². The van der Waals surface area contributed by atoms with Gasteiger partial charge in [-0.2, -0.15) is 8.42 Å². The number of carbonyl (C=O) groups excluding carboxylic acids is 2. The van der Waals surface area contributed by atoms with Crippen LogP contribution in [0.2, 0.25) is 0 Å². The summed E-state index contributed by atoms with van der Waals surface area (Å²) in [4.78, 5) is 41.1. The van der Waals surface area contributed by atoms with Gasteiger partial charge in [0.2, 0.25) is 5.91 Å². The topological polar surface area (TPSA) is 147 Å². The zero-order valence-corrected chi connectivity index (χ0v) is 23.1. The summed E-state index contributed by atoms with van der Waals surface area (Å²) in [5, 5.41) is 0.406. The number of halogens is 1. The number of hydrogen-bond acceptors (Lipinski definition) is 8. The SMILES string of the molecule is CNS(=O)(=O)Nc1cccc(Cc2c(CC(=O)N3CC(OC)C3)c3ccc(OC(=O)N(C)C)cc3oc2=O)c1F. The van der Waals surface area contributed by atoms with E-state index in [9.17, 15) is 22.8 Å². The summed E-state index contributed by atoms with van der Waals surface area (Å²) in [5.74, 6) is -1.02. The van der Waals surface area contributed by atoms with E-state index in [0.29, 0.717) is 24.0 Å². The first kappa shape index (κ1) is 29.0. The number of benzene rings is 2. The molecular formula is C26H29FN4O8S. The maximum atomic E-state index is 15.3. The predicted octanol–water partition coefficient (Wildman–Crippen LogP) is 1.86. The zero-order chi connectivity index (χ0) is 29.2. The number of carbonyl (C=O) groups is 2. The predicted molar refractivity (Wildman–Crippen MR) is 144 cm³/mol. The first-order valence-corrected chi connectivity index (χ1v) is 13.7. The van der Waals surface area contributed by atoms with Crippen molar-refractivity contribution in [2.75, 3.05) is 46.1 Å². The van der Waals surface area contributed by atoms with Crippen molar-refractivity contribution in [3.63, 3.8) is 0 Å². The lowest BCUT2D eigenvalue weighted by atomic mass is 9.95. The van der Waals surface area contributed by atoms with Gasteiger partial charge in [0.15, 0.2) is 5.82 Å². The Morgan fingerprint density at radius 2 is 1.90 bits per heavy atom. The van der Waals surface area contributed by atoms with E-state index in [1.165, 1.54) is 56.4 Å². The fraction of sp³-hybridized carbons (Fsp3) is 0.346. The summed E-state index contributed by atoms with van der Waals surface area (Å²) >= 11 is 0. The molecule has 1 saturated heterocycles. The highest BCUT2D eigenvalue weighted by Crippen LogP contribution is 2.29.